The van der Waals surface area contributed by atoms with Gasteiger partial charge in [0.2, 0.25) is 12.7 Å². The highest BCUT2D eigenvalue weighted by Gasteiger charge is 2.21. The van der Waals surface area contributed by atoms with Gasteiger partial charge in [-0.2, -0.15) is 0 Å². The van der Waals surface area contributed by atoms with Gasteiger partial charge in [0.05, 0.1) is 33.9 Å². The van der Waals surface area contributed by atoms with E-state index in [0.29, 0.717) is 41.1 Å². The van der Waals surface area contributed by atoms with Gasteiger partial charge >= 0.3 is 0 Å². The molecule has 0 radical (unpaired) electrons. The van der Waals surface area contributed by atoms with Crippen molar-refractivity contribution in [3.05, 3.63) is 57.7 Å². The van der Waals surface area contributed by atoms with Crippen LogP contribution in [-0.2, 0) is 13.1 Å². The number of halogens is 1. The lowest BCUT2D eigenvalue weighted by atomic mass is 10.1. The first-order valence-corrected chi connectivity index (χ1v) is 10.5. The Morgan fingerprint density at radius 2 is 1.74 bits per heavy atom. The first kappa shape index (κ1) is 19.9. The van der Waals surface area contributed by atoms with Crippen LogP contribution in [0, 0.1) is 20.8 Å². The second-order valence-electron chi connectivity index (χ2n) is 8.02. The minimum Gasteiger partial charge on any atom is -0.454 e. The molecule has 0 unspecified atom stereocenters. The monoisotopic (exact) mass is 438 g/mol. The number of nitrogens with one attached hydrogen (secondary N) is 1. The van der Waals surface area contributed by atoms with Crippen molar-refractivity contribution in [1.29, 1.82) is 0 Å². The Labute approximate surface area is 185 Å². The minimum absolute atomic E-state index is 0.191. The highest BCUT2D eigenvalue weighted by Crippen LogP contribution is 2.41. The average molecular weight is 439 g/mol. The number of rotatable bonds is 5. The molecule has 1 N–H and O–H groups in total. The van der Waals surface area contributed by atoms with E-state index in [9.17, 15) is 0 Å². The Hall–Kier alpha value is -3.03. The summed E-state index contributed by atoms with van der Waals surface area (Å²) in [6.45, 7) is 7.60. The number of benzene rings is 2. The van der Waals surface area contributed by atoms with E-state index in [1.165, 1.54) is 11.1 Å². The van der Waals surface area contributed by atoms with E-state index in [1.54, 1.807) is 6.07 Å². The number of nitrogens with zero attached hydrogens (tertiary/aromatic N) is 3. The normalized spacial score (nSPS) is 13.0. The van der Waals surface area contributed by atoms with E-state index in [1.807, 2.05) is 20.0 Å². The number of aromatic nitrogens is 3. The molecule has 2 aromatic heterocycles. The third kappa shape index (κ3) is 3.75. The van der Waals surface area contributed by atoms with Crippen molar-refractivity contribution in [1.82, 2.24) is 19.9 Å². The number of hydrogen-bond acceptors (Lipinski definition) is 6. The minimum atomic E-state index is 0.191. The largest absolute Gasteiger partial charge is 0.454 e. The number of fused-ring (bicyclic) bond motifs is 2. The van der Waals surface area contributed by atoms with Crippen LogP contribution >= 0.6 is 11.6 Å². The van der Waals surface area contributed by atoms with Crippen molar-refractivity contribution in [2.24, 2.45) is 0 Å². The van der Waals surface area contributed by atoms with Crippen molar-refractivity contribution < 1.29 is 13.9 Å². The summed E-state index contributed by atoms with van der Waals surface area (Å²) in [5.74, 6) is 3.42. The first-order valence-electron chi connectivity index (χ1n) is 10.1. The lowest BCUT2D eigenvalue weighted by Crippen LogP contribution is -2.18. The molecule has 0 fully saturated rings. The van der Waals surface area contributed by atoms with Crippen LogP contribution in [0.2, 0.25) is 5.02 Å². The third-order valence-corrected chi connectivity index (χ3v) is 5.88. The molecule has 7 nitrogen and oxygen atoms in total. The van der Waals surface area contributed by atoms with Gasteiger partial charge < -0.3 is 18.9 Å². The molecular formula is C23H23ClN4O3. The maximum atomic E-state index is 6.42. The van der Waals surface area contributed by atoms with Gasteiger partial charge in [0, 0.05) is 12.6 Å². The SMILES string of the molecule is Cc1cc2nc(CN(C)Cc3nc(-c4cc5c(cc4Cl)OCO5)oc3C)[nH]c2cc1C. The second-order valence-corrected chi connectivity index (χ2v) is 8.42. The molecule has 0 aliphatic carbocycles. The molecule has 0 spiro atoms. The molecule has 0 atom stereocenters. The molecule has 0 amide bonds. The van der Waals surface area contributed by atoms with Crippen molar-refractivity contribution in [3.63, 3.8) is 0 Å². The summed E-state index contributed by atoms with van der Waals surface area (Å²) in [5.41, 5.74) is 6.09. The summed E-state index contributed by atoms with van der Waals surface area (Å²) in [6.07, 6.45) is 0. The maximum absolute atomic E-state index is 6.42. The van der Waals surface area contributed by atoms with Gasteiger partial charge in [-0.25, -0.2) is 9.97 Å². The number of imidazole rings is 1. The lowest BCUT2D eigenvalue weighted by Gasteiger charge is -2.13. The van der Waals surface area contributed by atoms with Gasteiger partial charge in [-0.05, 0) is 57.1 Å². The van der Waals surface area contributed by atoms with Crippen LogP contribution in [0.25, 0.3) is 22.5 Å². The van der Waals surface area contributed by atoms with Crippen LogP contribution in [0.5, 0.6) is 11.5 Å². The Kier molecular flexibility index (Phi) is 4.87. The Bertz CT molecular complexity index is 1250. The Balaban J connectivity index is 1.34. The fourth-order valence-electron chi connectivity index (χ4n) is 3.74. The molecule has 0 saturated carbocycles. The summed E-state index contributed by atoms with van der Waals surface area (Å²) < 4.78 is 16.7. The molecule has 31 heavy (non-hydrogen) atoms. The van der Waals surface area contributed by atoms with Gasteiger partial charge in [0.25, 0.3) is 0 Å². The number of oxazole rings is 1. The van der Waals surface area contributed by atoms with E-state index in [-0.39, 0.29) is 6.79 Å². The van der Waals surface area contributed by atoms with E-state index < -0.39 is 0 Å². The van der Waals surface area contributed by atoms with Gasteiger partial charge in [0.15, 0.2) is 11.5 Å². The van der Waals surface area contributed by atoms with Crippen LogP contribution in [0.1, 0.15) is 28.4 Å². The van der Waals surface area contributed by atoms with E-state index >= 15 is 0 Å². The van der Waals surface area contributed by atoms with Gasteiger partial charge in [0.1, 0.15) is 11.6 Å². The Morgan fingerprint density at radius 1 is 1.00 bits per heavy atom. The zero-order valence-electron chi connectivity index (χ0n) is 17.9. The zero-order chi connectivity index (χ0) is 21.7. The smallest absolute Gasteiger partial charge is 0.231 e. The standard InChI is InChI=1S/C23H23ClN4O3/c1-12-5-17-18(6-13(12)2)26-22(25-17)10-28(4)9-19-14(3)31-23(27-19)15-7-20-21(8-16(15)24)30-11-29-20/h5-8H,9-11H2,1-4H3,(H,25,26). The number of hydrogen-bond donors (Lipinski definition) is 1. The summed E-state index contributed by atoms with van der Waals surface area (Å²) in [5, 5.41) is 0.512. The topological polar surface area (TPSA) is 76.4 Å². The predicted molar refractivity (Wildman–Crippen MR) is 119 cm³/mol. The van der Waals surface area contributed by atoms with Gasteiger partial charge in [-0.3, -0.25) is 4.90 Å². The summed E-state index contributed by atoms with van der Waals surface area (Å²) in [6, 6.07) is 7.80. The number of aryl methyl sites for hydroxylation is 3. The first-order chi connectivity index (χ1) is 14.9. The van der Waals surface area contributed by atoms with Crippen LogP contribution in [-0.4, -0.2) is 33.7 Å². The molecule has 3 heterocycles. The fourth-order valence-corrected chi connectivity index (χ4v) is 3.97. The van der Waals surface area contributed by atoms with Crippen LogP contribution in [0.4, 0.5) is 0 Å². The zero-order valence-corrected chi connectivity index (χ0v) is 18.6. The molecular weight excluding hydrogens is 416 g/mol. The third-order valence-electron chi connectivity index (χ3n) is 5.57. The molecule has 0 saturated heterocycles. The molecule has 8 heteroatoms. The second kappa shape index (κ2) is 7.59. The van der Waals surface area contributed by atoms with Crippen molar-refractivity contribution in [2.45, 2.75) is 33.9 Å². The molecule has 2 aromatic carbocycles. The van der Waals surface area contributed by atoms with E-state index in [0.717, 1.165) is 28.3 Å². The van der Waals surface area contributed by atoms with E-state index in [4.69, 9.17) is 35.5 Å². The summed E-state index contributed by atoms with van der Waals surface area (Å²) in [7, 11) is 2.03. The molecule has 5 rings (SSSR count). The predicted octanol–water partition coefficient (Wildman–Crippen LogP) is 5.16. The van der Waals surface area contributed by atoms with Crippen LogP contribution < -0.4 is 9.47 Å². The van der Waals surface area contributed by atoms with Gasteiger partial charge in [-0.15, -0.1) is 0 Å². The number of aromatic amines is 1. The Morgan fingerprint density at radius 3 is 2.55 bits per heavy atom. The molecule has 4 aromatic rings. The molecule has 1 aliphatic rings. The van der Waals surface area contributed by atoms with E-state index in [2.05, 4.69) is 35.9 Å². The van der Waals surface area contributed by atoms with Crippen molar-refractivity contribution >= 4 is 22.6 Å². The number of H-pyrrole nitrogens is 1. The highest BCUT2D eigenvalue weighted by atomic mass is 35.5. The average Bonchev–Trinajstić information content (AvgIpc) is 3.40. The van der Waals surface area contributed by atoms with Crippen molar-refractivity contribution in [2.75, 3.05) is 13.8 Å². The van der Waals surface area contributed by atoms with Crippen LogP contribution in [0.3, 0.4) is 0 Å². The highest BCUT2D eigenvalue weighted by molar-refractivity contribution is 6.33. The lowest BCUT2D eigenvalue weighted by molar-refractivity contribution is 0.174. The number of ether oxygens (including phenoxy) is 2. The summed E-state index contributed by atoms with van der Waals surface area (Å²) >= 11 is 6.42. The van der Waals surface area contributed by atoms with Gasteiger partial charge in [-0.1, -0.05) is 11.6 Å². The van der Waals surface area contributed by atoms with Crippen molar-refractivity contribution in [3.8, 4) is 23.0 Å². The fraction of sp³-hybridized carbons (Fsp3) is 0.304. The molecule has 160 valence electrons. The van der Waals surface area contributed by atoms with Crippen LogP contribution in [0.15, 0.2) is 28.7 Å². The molecule has 0 bridgehead atoms. The quantitative estimate of drug-likeness (QED) is 0.464. The maximum Gasteiger partial charge on any atom is 0.231 e. The molecule has 1 aliphatic heterocycles. The summed E-state index contributed by atoms with van der Waals surface area (Å²) in [4.78, 5) is 15.0.